The van der Waals surface area contributed by atoms with Gasteiger partial charge in [-0.15, -0.1) is 0 Å². The highest BCUT2D eigenvalue weighted by Crippen LogP contribution is 2.36. The highest BCUT2D eigenvalue weighted by molar-refractivity contribution is 9.10. The first-order valence-electron chi connectivity index (χ1n) is 16.5. The number of nitrogens with zero attached hydrogens (tertiary/aromatic N) is 4. The van der Waals surface area contributed by atoms with Gasteiger partial charge in [-0.1, -0.05) is 137 Å². The van der Waals surface area contributed by atoms with Gasteiger partial charge in [0.2, 0.25) is 0 Å². The second kappa shape index (κ2) is 12.7. The molecule has 3 heterocycles. The van der Waals surface area contributed by atoms with E-state index in [-0.39, 0.29) is 0 Å². The van der Waals surface area contributed by atoms with Crippen LogP contribution < -0.4 is 0 Å². The molecule has 0 aliphatic heterocycles. The molecule has 0 aliphatic rings. The molecule has 0 amide bonds. The number of fused-ring (bicyclic) bond motifs is 3. The first kappa shape index (κ1) is 29.9. The van der Waals surface area contributed by atoms with Crippen LogP contribution in [0.1, 0.15) is 0 Å². The van der Waals surface area contributed by atoms with Gasteiger partial charge < -0.3 is 4.57 Å². The van der Waals surface area contributed by atoms with Crippen molar-refractivity contribution in [3.05, 3.63) is 181 Å². The maximum Gasteiger partial charge on any atom is 0.160 e. The lowest BCUT2D eigenvalue weighted by molar-refractivity contribution is 1.16. The molecule has 5 heteroatoms. The number of pyridine rings is 1. The molecule has 236 valence electrons. The molecule has 9 rings (SSSR count). The first-order chi connectivity index (χ1) is 24.7. The lowest BCUT2D eigenvalue weighted by atomic mass is 10.0. The fourth-order valence-corrected chi connectivity index (χ4v) is 7.21. The summed E-state index contributed by atoms with van der Waals surface area (Å²) in [5.74, 6) is 0.667. The smallest absolute Gasteiger partial charge is 0.160 e. The van der Waals surface area contributed by atoms with Gasteiger partial charge in [-0.2, -0.15) is 0 Å². The van der Waals surface area contributed by atoms with E-state index in [1.54, 1.807) is 6.20 Å². The number of halogens is 1. The summed E-state index contributed by atoms with van der Waals surface area (Å²) in [6, 6.07) is 57.3. The summed E-state index contributed by atoms with van der Waals surface area (Å²) in [5.41, 5.74) is 12.6. The van der Waals surface area contributed by atoms with E-state index < -0.39 is 0 Å². The zero-order valence-corrected chi connectivity index (χ0v) is 28.5. The minimum atomic E-state index is 0.667. The number of hydrogen-bond donors (Lipinski definition) is 0. The second-order valence-corrected chi connectivity index (χ2v) is 13.2. The van der Waals surface area contributed by atoms with E-state index >= 15 is 0 Å². The molecule has 0 bridgehead atoms. The Morgan fingerprint density at radius 1 is 0.420 bits per heavy atom. The van der Waals surface area contributed by atoms with Gasteiger partial charge in [0, 0.05) is 50.0 Å². The largest absolute Gasteiger partial charge is 0.309 e. The predicted molar refractivity (Wildman–Crippen MR) is 209 cm³/mol. The first-order valence-corrected chi connectivity index (χ1v) is 17.3. The third kappa shape index (κ3) is 5.58. The van der Waals surface area contributed by atoms with E-state index in [9.17, 15) is 0 Å². The standard InChI is InChI=1S/C45H29BrN4/c46-37-25-36(26-38(27-37)50-43-14-6-4-12-39(43)40-13-5-7-15-44(40)50)42-28-41(33-20-16-31(17-21-33)30-9-2-1-3-10-30)48-45(49-42)34-22-18-32(19-23-34)35-11-8-24-47-29-35/h1-29H. The molecule has 0 saturated carbocycles. The molecule has 0 unspecified atom stereocenters. The third-order valence-corrected chi connectivity index (χ3v) is 9.63. The van der Waals surface area contributed by atoms with Crippen LogP contribution in [0.5, 0.6) is 0 Å². The van der Waals surface area contributed by atoms with Crippen molar-refractivity contribution in [2.45, 2.75) is 0 Å². The zero-order chi connectivity index (χ0) is 33.4. The summed E-state index contributed by atoms with van der Waals surface area (Å²) in [7, 11) is 0. The van der Waals surface area contributed by atoms with Crippen LogP contribution in [-0.2, 0) is 0 Å². The Hall–Kier alpha value is -6.17. The molecule has 0 fully saturated rings. The highest BCUT2D eigenvalue weighted by Gasteiger charge is 2.16. The van der Waals surface area contributed by atoms with Crippen LogP contribution in [0.4, 0.5) is 0 Å². The molecular weight excluding hydrogens is 676 g/mol. The van der Waals surface area contributed by atoms with Crippen molar-refractivity contribution in [1.82, 2.24) is 19.5 Å². The summed E-state index contributed by atoms with van der Waals surface area (Å²) in [4.78, 5) is 14.6. The fourth-order valence-electron chi connectivity index (χ4n) is 6.73. The van der Waals surface area contributed by atoms with Gasteiger partial charge in [0.05, 0.1) is 22.4 Å². The molecule has 0 radical (unpaired) electrons. The highest BCUT2D eigenvalue weighted by atomic mass is 79.9. The fraction of sp³-hybridized carbons (Fsp3) is 0. The molecule has 0 aliphatic carbocycles. The quantitative estimate of drug-likeness (QED) is 0.173. The van der Waals surface area contributed by atoms with Crippen molar-refractivity contribution < 1.29 is 0 Å². The number of para-hydroxylation sites is 2. The SMILES string of the molecule is Brc1cc(-c2cc(-c3ccc(-c4ccccc4)cc3)nc(-c3ccc(-c4cccnc4)cc3)n2)cc(-n2c3ccccc3c3ccccc32)c1. The van der Waals surface area contributed by atoms with Crippen molar-refractivity contribution in [2.75, 3.05) is 0 Å². The van der Waals surface area contributed by atoms with Crippen LogP contribution in [-0.4, -0.2) is 19.5 Å². The van der Waals surface area contributed by atoms with Crippen LogP contribution in [0, 0.1) is 0 Å². The average Bonchev–Trinajstić information content (AvgIpc) is 3.53. The van der Waals surface area contributed by atoms with Crippen molar-refractivity contribution in [3.8, 4) is 61.8 Å². The molecule has 3 aromatic heterocycles. The number of rotatable bonds is 6. The van der Waals surface area contributed by atoms with Gasteiger partial charge in [0.15, 0.2) is 5.82 Å². The van der Waals surface area contributed by atoms with Crippen molar-refractivity contribution in [3.63, 3.8) is 0 Å². The van der Waals surface area contributed by atoms with Gasteiger partial charge >= 0.3 is 0 Å². The minimum Gasteiger partial charge on any atom is -0.309 e. The molecule has 6 aromatic carbocycles. The molecular formula is C45H29BrN4. The van der Waals surface area contributed by atoms with Gasteiger partial charge in [-0.3, -0.25) is 4.98 Å². The maximum atomic E-state index is 5.20. The summed E-state index contributed by atoms with van der Waals surface area (Å²) in [6.07, 6.45) is 3.67. The van der Waals surface area contributed by atoms with E-state index in [2.05, 4.69) is 177 Å². The number of aromatic nitrogens is 4. The Kier molecular flexibility index (Phi) is 7.60. The number of benzene rings is 6. The summed E-state index contributed by atoms with van der Waals surface area (Å²) in [6.45, 7) is 0. The lowest BCUT2D eigenvalue weighted by Gasteiger charge is -2.13. The van der Waals surface area contributed by atoms with Crippen LogP contribution in [0.3, 0.4) is 0 Å². The summed E-state index contributed by atoms with van der Waals surface area (Å²) < 4.78 is 3.31. The van der Waals surface area contributed by atoms with Gasteiger partial charge in [-0.25, -0.2) is 9.97 Å². The molecule has 0 atom stereocenters. The Bertz CT molecular complexity index is 2480. The topological polar surface area (TPSA) is 43.6 Å². The summed E-state index contributed by atoms with van der Waals surface area (Å²) >= 11 is 3.85. The van der Waals surface area contributed by atoms with E-state index in [1.165, 1.54) is 16.3 Å². The maximum absolute atomic E-state index is 5.20. The molecule has 0 N–H and O–H groups in total. The van der Waals surface area contributed by atoms with Crippen LogP contribution >= 0.6 is 15.9 Å². The minimum absolute atomic E-state index is 0.667. The molecule has 4 nitrogen and oxygen atoms in total. The van der Waals surface area contributed by atoms with Crippen molar-refractivity contribution in [1.29, 1.82) is 0 Å². The van der Waals surface area contributed by atoms with Gasteiger partial charge in [0.1, 0.15) is 0 Å². The Balaban J connectivity index is 1.20. The van der Waals surface area contributed by atoms with E-state index in [4.69, 9.17) is 9.97 Å². The van der Waals surface area contributed by atoms with E-state index in [0.29, 0.717) is 5.82 Å². The molecule has 50 heavy (non-hydrogen) atoms. The van der Waals surface area contributed by atoms with E-state index in [1.807, 2.05) is 18.3 Å². The van der Waals surface area contributed by atoms with Crippen molar-refractivity contribution >= 4 is 37.7 Å². The normalized spacial score (nSPS) is 11.3. The Morgan fingerprint density at radius 3 is 1.62 bits per heavy atom. The van der Waals surface area contributed by atoms with Crippen LogP contribution in [0.15, 0.2) is 181 Å². The predicted octanol–water partition coefficient (Wildman–Crippen LogP) is 12.1. The molecule has 0 spiro atoms. The van der Waals surface area contributed by atoms with Crippen LogP contribution in [0.2, 0.25) is 0 Å². The van der Waals surface area contributed by atoms with E-state index in [0.717, 1.165) is 66.0 Å². The monoisotopic (exact) mass is 704 g/mol. The number of hydrogen-bond acceptors (Lipinski definition) is 3. The lowest BCUT2D eigenvalue weighted by Crippen LogP contribution is -1.98. The Labute approximate surface area is 298 Å². The van der Waals surface area contributed by atoms with Crippen LogP contribution in [0.25, 0.3) is 83.6 Å². The molecule has 9 aromatic rings. The third-order valence-electron chi connectivity index (χ3n) is 9.17. The summed E-state index contributed by atoms with van der Waals surface area (Å²) in [5, 5.41) is 2.45. The second-order valence-electron chi connectivity index (χ2n) is 12.3. The zero-order valence-electron chi connectivity index (χ0n) is 26.9. The molecule has 0 saturated heterocycles. The van der Waals surface area contributed by atoms with Gasteiger partial charge in [0.25, 0.3) is 0 Å². The van der Waals surface area contributed by atoms with Crippen molar-refractivity contribution in [2.24, 2.45) is 0 Å². The van der Waals surface area contributed by atoms with Gasteiger partial charge in [-0.05, 0) is 64.7 Å². The average molecular weight is 706 g/mol. The Morgan fingerprint density at radius 2 is 0.960 bits per heavy atom.